The van der Waals surface area contributed by atoms with E-state index in [1.807, 2.05) is 18.2 Å². The number of nitrogens with two attached hydrogens (primary N) is 1. The van der Waals surface area contributed by atoms with Gasteiger partial charge in [0, 0.05) is 18.2 Å². The van der Waals surface area contributed by atoms with Gasteiger partial charge < -0.3 is 20.5 Å². The minimum Gasteiger partial charge on any atom is -0.497 e. The summed E-state index contributed by atoms with van der Waals surface area (Å²) < 4.78 is 10.5. The van der Waals surface area contributed by atoms with E-state index < -0.39 is 0 Å². The van der Waals surface area contributed by atoms with Crippen LogP contribution >= 0.6 is 0 Å². The van der Waals surface area contributed by atoms with Gasteiger partial charge in [-0.25, -0.2) is 0 Å². The Kier molecular flexibility index (Phi) is 6.54. The number of hydrogen-bond acceptors (Lipinski definition) is 4. The van der Waals surface area contributed by atoms with Crippen LogP contribution in [0.5, 0.6) is 11.5 Å². The Bertz CT molecular complexity index is 356. The minimum atomic E-state index is 0.597. The molecule has 1 unspecified atom stereocenters. The first-order valence-electron chi connectivity index (χ1n) is 6.33. The Balaban J connectivity index is 2.51. The molecule has 1 aromatic carbocycles. The van der Waals surface area contributed by atoms with Crippen LogP contribution in [0.2, 0.25) is 0 Å². The highest BCUT2D eigenvalue weighted by molar-refractivity contribution is 5.40. The van der Waals surface area contributed by atoms with Crippen LogP contribution < -0.4 is 20.5 Å². The Hall–Kier alpha value is -1.26. The van der Waals surface area contributed by atoms with E-state index in [9.17, 15) is 0 Å². The normalized spacial score (nSPS) is 12.2. The highest BCUT2D eigenvalue weighted by atomic mass is 16.5. The molecule has 3 N–H and O–H groups in total. The van der Waals surface area contributed by atoms with E-state index in [0.29, 0.717) is 5.92 Å². The van der Waals surface area contributed by atoms with Gasteiger partial charge >= 0.3 is 0 Å². The van der Waals surface area contributed by atoms with Gasteiger partial charge in [0.15, 0.2) is 0 Å². The second-order valence-corrected chi connectivity index (χ2v) is 4.49. The molecule has 0 aliphatic rings. The highest BCUT2D eigenvalue weighted by Crippen LogP contribution is 2.24. The summed E-state index contributed by atoms with van der Waals surface area (Å²) in [6, 6.07) is 5.88. The molecule has 4 nitrogen and oxygen atoms in total. The summed E-state index contributed by atoms with van der Waals surface area (Å²) in [4.78, 5) is 0. The zero-order chi connectivity index (χ0) is 13.4. The lowest BCUT2D eigenvalue weighted by molar-refractivity contribution is 0.388. The van der Waals surface area contributed by atoms with Gasteiger partial charge in [0.25, 0.3) is 0 Å². The molecule has 1 aromatic rings. The molecular formula is C14H24N2O2. The molecule has 1 atom stereocenters. The predicted octanol–water partition coefficient (Wildman–Crippen LogP) is 1.78. The predicted molar refractivity (Wildman–Crippen MR) is 74.1 cm³/mol. The lowest BCUT2D eigenvalue weighted by atomic mass is 10.1. The van der Waals surface area contributed by atoms with Crippen LogP contribution in [0.4, 0.5) is 0 Å². The Morgan fingerprint density at radius 2 is 2.06 bits per heavy atom. The summed E-state index contributed by atoms with van der Waals surface area (Å²) in [7, 11) is 3.33. The average Bonchev–Trinajstić information content (AvgIpc) is 2.39. The maximum atomic E-state index is 5.53. The second-order valence-electron chi connectivity index (χ2n) is 4.49. The first kappa shape index (κ1) is 14.8. The summed E-state index contributed by atoms with van der Waals surface area (Å²) in [6.07, 6.45) is 1.05. The van der Waals surface area contributed by atoms with E-state index in [2.05, 4.69) is 12.2 Å². The maximum absolute atomic E-state index is 5.53. The lowest BCUT2D eigenvalue weighted by Gasteiger charge is -2.14. The quantitative estimate of drug-likeness (QED) is 0.740. The molecule has 0 saturated heterocycles. The van der Waals surface area contributed by atoms with E-state index in [0.717, 1.165) is 43.1 Å². The fraction of sp³-hybridized carbons (Fsp3) is 0.571. The largest absolute Gasteiger partial charge is 0.497 e. The third-order valence-corrected chi connectivity index (χ3v) is 2.96. The van der Waals surface area contributed by atoms with Gasteiger partial charge in [0.2, 0.25) is 0 Å². The van der Waals surface area contributed by atoms with Crippen molar-refractivity contribution in [2.75, 3.05) is 27.3 Å². The van der Waals surface area contributed by atoms with Crippen molar-refractivity contribution in [1.29, 1.82) is 0 Å². The average molecular weight is 252 g/mol. The zero-order valence-corrected chi connectivity index (χ0v) is 11.5. The molecule has 0 saturated carbocycles. The third kappa shape index (κ3) is 4.55. The monoisotopic (exact) mass is 252 g/mol. The van der Waals surface area contributed by atoms with E-state index in [4.69, 9.17) is 15.2 Å². The number of ether oxygens (including phenoxy) is 2. The number of benzene rings is 1. The van der Waals surface area contributed by atoms with Crippen molar-refractivity contribution >= 4 is 0 Å². The standard InChI is InChI=1S/C14H24N2O2/c1-11(6-7-15)9-16-10-12-4-5-13(17-2)8-14(12)18-3/h4-5,8,11,16H,6-7,9-10,15H2,1-3H3. The van der Waals surface area contributed by atoms with Crippen LogP contribution in [-0.2, 0) is 6.54 Å². The van der Waals surface area contributed by atoms with Crippen molar-refractivity contribution in [3.05, 3.63) is 23.8 Å². The summed E-state index contributed by atoms with van der Waals surface area (Å²) in [6.45, 7) is 4.70. The molecule has 0 bridgehead atoms. The summed E-state index contributed by atoms with van der Waals surface area (Å²) in [5.74, 6) is 2.26. The summed E-state index contributed by atoms with van der Waals surface area (Å²) >= 11 is 0. The van der Waals surface area contributed by atoms with Crippen molar-refractivity contribution in [3.8, 4) is 11.5 Å². The molecule has 0 heterocycles. The van der Waals surface area contributed by atoms with Crippen molar-refractivity contribution in [1.82, 2.24) is 5.32 Å². The highest BCUT2D eigenvalue weighted by Gasteiger charge is 2.05. The van der Waals surface area contributed by atoms with Crippen molar-refractivity contribution in [2.24, 2.45) is 11.7 Å². The van der Waals surface area contributed by atoms with E-state index in [-0.39, 0.29) is 0 Å². The minimum absolute atomic E-state index is 0.597. The van der Waals surface area contributed by atoms with Gasteiger partial charge in [0.1, 0.15) is 11.5 Å². The molecule has 0 aliphatic heterocycles. The van der Waals surface area contributed by atoms with E-state index >= 15 is 0 Å². The SMILES string of the molecule is COc1ccc(CNCC(C)CCN)c(OC)c1. The number of methoxy groups -OCH3 is 2. The van der Waals surface area contributed by atoms with Gasteiger partial charge in [-0.05, 0) is 31.5 Å². The fourth-order valence-corrected chi connectivity index (χ4v) is 1.84. The van der Waals surface area contributed by atoms with Gasteiger partial charge in [-0.2, -0.15) is 0 Å². The molecular weight excluding hydrogens is 228 g/mol. The molecule has 1 rings (SSSR count). The first-order chi connectivity index (χ1) is 8.71. The molecule has 4 heteroatoms. The first-order valence-corrected chi connectivity index (χ1v) is 6.33. The van der Waals surface area contributed by atoms with Gasteiger partial charge in [0.05, 0.1) is 14.2 Å². The van der Waals surface area contributed by atoms with E-state index in [1.54, 1.807) is 14.2 Å². The van der Waals surface area contributed by atoms with Crippen LogP contribution in [0.1, 0.15) is 18.9 Å². The summed E-state index contributed by atoms with van der Waals surface area (Å²) in [5.41, 5.74) is 6.67. The molecule has 0 fully saturated rings. The molecule has 18 heavy (non-hydrogen) atoms. The van der Waals surface area contributed by atoms with Crippen LogP contribution in [0.15, 0.2) is 18.2 Å². The molecule has 0 spiro atoms. The topological polar surface area (TPSA) is 56.5 Å². The second kappa shape index (κ2) is 7.95. The van der Waals surface area contributed by atoms with Crippen LogP contribution in [0.3, 0.4) is 0 Å². The lowest BCUT2D eigenvalue weighted by Crippen LogP contribution is -2.22. The Morgan fingerprint density at radius 3 is 2.67 bits per heavy atom. The zero-order valence-electron chi connectivity index (χ0n) is 11.5. The van der Waals surface area contributed by atoms with Crippen LogP contribution in [0.25, 0.3) is 0 Å². The van der Waals surface area contributed by atoms with Crippen molar-refractivity contribution < 1.29 is 9.47 Å². The summed E-state index contributed by atoms with van der Waals surface area (Å²) in [5, 5.41) is 3.42. The van der Waals surface area contributed by atoms with E-state index in [1.165, 1.54) is 0 Å². The van der Waals surface area contributed by atoms with Gasteiger partial charge in [-0.1, -0.05) is 13.0 Å². The van der Waals surface area contributed by atoms with Crippen LogP contribution in [0, 0.1) is 5.92 Å². The molecule has 0 aliphatic carbocycles. The van der Waals surface area contributed by atoms with Crippen molar-refractivity contribution in [3.63, 3.8) is 0 Å². The maximum Gasteiger partial charge on any atom is 0.127 e. The third-order valence-electron chi connectivity index (χ3n) is 2.96. The molecule has 0 radical (unpaired) electrons. The fourth-order valence-electron chi connectivity index (χ4n) is 1.84. The number of rotatable bonds is 8. The molecule has 0 aromatic heterocycles. The van der Waals surface area contributed by atoms with Crippen molar-refractivity contribution in [2.45, 2.75) is 19.9 Å². The number of nitrogens with one attached hydrogen (secondary N) is 1. The smallest absolute Gasteiger partial charge is 0.127 e. The Labute approximate surface area is 109 Å². The molecule has 0 amide bonds. The van der Waals surface area contributed by atoms with Gasteiger partial charge in [-0.3, -0.25) is 0 Å². The number of hydrogen-bond donors (Lipinski definition) is 2. The Morgan fingerprint density at radius 1 is 1.28 bits per heavy atom. The van der Waals surface area contributed by atoms with Gasteiger partial charge in [-0.15, -0.1) is 0 Å². The van der Waals surface area contributed by atoms with Crippen LogP contribution in [-0.4, -0.2) is 27.3 Å². The molecule has 102 valence electrons.